The highest BCUT2D eigenvalue weighted by Gasteiger charge is 2.34. The van der Waals surface area contributed by atoms with Gasteiger partial charge < -0.3 is 5.73 Å². The zero-order valence-corrected chi connectivity index (χ0v) is 13.3. The summed E-state index contributed by atoms with van der Waals surface area (Å²) in [4.78, 5) is 2.60. The molecule has 1 aliphatic rings. The quantitative estimate of drug-likeness (QED) is 0.880. The first-order valence-electron chi connectivity index (χ1n) is 8.16. The third-order valence-corrected chi connectivity index (χ3v) is 5.39. The molecule has 20 heavy (non-hydrogen) atoms. The topological polar surface area (TPSA) is 29.3 Å². The van der Waals surface area contributed by atoms with Gasteiger partial charge in [-0.15, -0.1) is 0 Å². The molecule has 0 bridgehead atoms. The van der Waals surface area contributed by atoms with Gasteiger partial charge in [0.1, 0.15) is 0 Å². The average molecular weight is 274 g/mol. The van der Waals surface area contributed by atoms with Crippen LogP contribution in [-0.2, 0) is 0 Å². The van der Waals surface area contributed by atoms with E-state index in [1.807, 2.05) is 0 Å². The maximum Gasteiger partial charge on any atom is 0.0496 e. The lowest BCUT2D eigenvalue weighted by Gasteiger charge is -2.45. The van der Waals surface area contributed by atoms with Crippen molar-refractivity contribution >= 4 is 0 Å². The molecule has 2 unspecified atom stereocenters. The monoisotopic (exact) mass is 274 g/mol. The first kappa shape index (κ1) is 15.5. The van der Waals surface area contributed by atoms with E-state index in [-0.39, 0.29) is 6.04 Å². The Hall–Kier alpha value is -0.860. The standard InChI is InChI=1S/C18H30N2/c1-4-18(5-2)11-13-20(14-12-18)17(15(3)19)16-9-7-6-8-10-16/h6-10,15,17H,4-5,11-14,19H2,1-3H3. The third kappa shape index (κ3) is 3.24. The highest BCUT2D eigenvalue weighted by Crippen LogP contribution is 2.40. The second-order valence-electron chi connectivity index (χ2n) is 6.46. The number of piperidine rings is 1. The molecule has 0 radical (unpaired) electrons. The number of benzene rings is 1. The van der Waals surface area contributed by atoms with Gasteiger partial charge in [-0.1, -0.05) is 57.0 Å². The van der Waals surface area contributed by atoms with Crippen molar-refractivity contribution in [2.24, 2.45) is 11.1 Å². The number of hydrogen-bond acceptors (Lipinski definition) is 2. The van der Waals surface area contributed by atoms with E-state index >= 15 is 0 Å². The number of nitrogens with zero attached hydrogens (tertiary/aromatic N) is 1. The van der Waals surface area contributed by atoms with Crippen molar-refractivity contribution in [2.75, 3.05) is 13.1 Å². The van der Waals surface area contributed by atoms with E-state index in [1.165, 1.54) is 44.3 Å². The van der Waals surface area contributed by atoms with Crippen LogP contribution in [0.4, 0.5) is 0 Å². The van der Waals surface area contributed by atoms with Gasteiger partial charge in [-0.3, -0.25) is 4.90 Å². The Kier molecular flexibility index (Phi) is 5.22. The van der Waals surface area contributed by atoms with E-state index in [0.29, 0.717) is 11.5 Å². The fraction of sp³-hybridized carbons (Fsp3) is 0.667. The van der Waals surface area contributed by atoms with Crippen LogP contribution in [-0.4, -0.2) is 24.0 Å². The summed E-state index contributed by atoms with van der Waals surface area (Å²) in [6.07, 6.45) is 5.25. The van der Waals surface area contributed by atoms with Gasteiger partial charge in [-0.05, 0) is 43.8 Å². The molecule has 1 saturated heterocycles. The van der Waals surface area contributed by atoms with Gasteiger partial charge >= 0.3 is 0 Å². The molecular formula is C18H30N2. The van der Waals surface area contributed by atoms with Crippen LogP contribution in [0.15, 0.2) is 30.3 Å². The number of likely N-dealkylation sites (tertiary alicyclic amines) is 1. The van der Waals surface area contributed by atoms with Crippen molar-refractivity contribution in [1.29, 1.82) is 0 Å². The molecule has 0 aliphatic carbocycles. The summed E-state index contributed by atoms with van der Waals surface area (Å²) in [5.41, 5.74) is 8.23. The van der Waals surface area contributed by atoms with Crippen molar-refractivity contribution < 1.29 is 0 Å². The summed E-state index contributed by atoms with van der Waals surface area (Å²) in [5, 5.41) is 0. The molecule has 0 spiro atoms. The Balaban J connectivity index is 2.10. The SMILES string of the molecule is CCC1(CC)CCN(C(c2ccccc2)C(C)N)CC1. The maximum absolute atomic E-state index is 6.29. The fourth-order valence-corrected chi connectivity index (χ4v) is 3.73. The Morgan fingerprint density at radius 1 is 1.10 bits per heavy atom. The maximum atomic E-state index is 6.29. The first-order chi connectivity index (χ1) is 9.62. The molecule has 1 aliphatic heterocycles. The van der Waals surface area contributed by atoms with E-state index in [1.54, 1.807) is 0 Å². The van der Waals surface area contributed by atoms with Gasteiger partial charge in [0.15, 0.2) is 0 Å². The Labute approximate surface area is 124 Å². The highest BCUT2D eigenvalue weighted by atomic mass is 15.2. The van der Waals surface area contributed by atoms with Crippen LogP contribution >= 0.6 is 0 Å². The lowest BCUT2D eigenvalue weighted by molar-refractivity contribution is 0.0587. The Morgan fingerprint density at radius 3 is 2.10 bits per heavy atom. The molecule has 1 aromatic rings. The molecule has 0 amide bonds. The molecule has 2 rings (SSSR count). The van der Waals surface area contributed by atoms with Crippen LogP contribution in [0.5, 0.6) is 0 Å². The highest BCUT2D eigenvalue weighted by molar-refractivity contribution is 5.20. The van der Waals surface area contributed by atoms with Crippen LogP contribution in [0.2, 0.25) is 0 Å². The predicted octanol–water partition coefficient (Wildman–Crippen LogP) is 3.98. The third-order valence-electron chi connectivity index (χ3n) is 5.39. The Morgan fingerprint density at radius 2 is 1.65 bits per heavy atom. The second kappa shape index (κ2) is 6.73. The molecule has 0 saturated carbocycles. The first-order valence-corrected chi connectivity index (χ1v) is 8.16. The van der Waals surface area contributed by atoms with Gasteiger partial charge in [0, 0.05) is 12.1 Å². The van der Waals surface area contributed by atoms with Crippen LogP contribution in [0, 0.1) is 5.41 Å². The fourth-order valence-electron chi connectivity index (χ4n) is 3.73. The van der Waals surface area contributed by atoms with Crippen molar-refractivity contribution in [3.63, 3.8) is 0 Å². The molecular weight excluding hydrogens is 244 g/mol. The summed E-state index contributed by atoms with van der Waals surface area (Å²) in [5.74, 6) is 0. The van der Waals surface area contributed by atoms with Crippen LogP contribution in [0.3, 0.4) is 0 Å². The summed E-state index contributed by atoms with van der Waals surface area (Å²) < 4.78 is 0. The smallest absolute Gasteiger partial charge is 0.0496 e. The molecule has 1 fully saturated rings. The molecule has 2 N–H and O–H groups in total. The lowest BCUT2D eigenvalue weighted by atomic mass is 9.73. The van der Waals surface area contributed by atoms with E-state index in [4.69, 9.17) is 5.73 Å². The van der Waals surface area contributed by atoms with Gasteiger partial charge in [-0.2, -0.15) is 0 Å². The predicted molar refractivity (Wildman–Crippen MR) is 86.7 cm³/mol. The van der Waals surface area contributed by atoms with E-state index < -0.39 is 0 Å². The van der Waals surface area contributed by atoms with Gasteiger partial charge in [-0.25, -0.2) is 0 Å². The van der Waals surface area contributed by atoms with E-state index in [9.17, 15) is 0 Å². The number of rotatable bonds is 5. The van der Waals surface area contributed by atoms with Gasteiger partial charge in [0.25, 0.3) is 0 Å². The van der Waals surface area contributed by atoms with E-state index in [0.717, 1.165) is 0 Å². The van der Waals surface area contributed by atoms with Crippen molar-refractivity contribution in [1.82, 2.24) is 4.90 Å². The largest absolute Gasteiger partial charge is 0.326 e. The molecule has 0 aromatic heterocycles. The van der Waals surface area contributed by atoms with Crippen molar-refractivity contribution in [2.45, 2.75) is 58.5 Å². The minimum absolute atomic E-state index is 0.174. The van der Waals surface area contributed by atoms with Gasteiger partial charge in [0.05, 0.1) is 0 Å². The van der Waals surface area contributed by atoms with Crippen molar-refractivity contribution in [3.8, 4) is 0 Å². The molecule has 2 atom stereocenters. The minimum atomic E-state index is 0.174. The normalized spacial score (nSPS) is 22.4. The summed E-state index contributed by atoms with van der Waals surface area (Å²) >= 11 is 0. The number of hydrogen-bond donors (Lipinski definition) is 1. The zero-order valence-electron chi connectivity index (χ0n) is 13.3. The summed E-state index contributed by atoms with van der Waals surface area (Å²) in [7, 11) is 0. The van der Waals surface area contributed by atoms with Crippen LogP contribution < -0.4 is 5.73 Å². The average Bonchev–Trinajstić information content (AvgIpc) is 2.49. The molecule has 2 heteroatoms. The van der Waals surface area contributed by atoms with Crippen molar-refractivity contribution in [3.05, 3.63) is 35.9 Å². The van der Waals surface area contributed by atoms with E-state index in [2.05, 4.69) is 56.0 Å². The zero-order chi connectivity index (χ0) is 14.6. The summed E-state index contributed by atoms with van der Waals surface area (Å²) in [6.45, 7) is 9.20. The second-order valence-corrected chi connectivity index (χ2v) is 6.46. The van der Waals surface area contributed by atoms with Crippen LogP contribution in [0.25, 0.3) is 0 Å². The molecule has 112 valence electrons. The molecule has 1 aromatic carbocycles. The summed E-state index contributed by atoms with van der Waals surface area (Å²) in [6, 6.07) is 11.3. The molecule has 2 nitrogen and oxygen atoms in total. The lowest BCUT2D eigenvalue weighted by Crippen LogP contribution is -2.46. The van der Waals surface area contributed by atoms with Crippen LogP contribution in [0.1, 0.15) is 58.1 Å². The number of nitrogens with two attached hydrogens (primary N) is 1. The molecule has 1 heterocycles. The van der Waals surface area contributed by atoms with Gasteiger partial charge in [0.2, 0.25) is 0 Å². The Bertz CT molecular complexity index is 385. The minimum Gasteiger partial charge on any atom is -0.326 e.